The average Bonchev–Trinajstić information content (AvgIpc) is 2.75. The van der Waals surface area contributed by atoms with Gasteiger partial charge in [0.1, 0.15) is 5.75 Å². The summed E-state index contributed by atoms with van der Waals surface area (Å²) in [5, 5.41) is 10.7. The number of nitrogens with one attached hydrogen (secondary N) is 1. The minimum absolute atomic E-state index is 0.260. The van der Waals surface area contributed by atoms with Crippen LogP contribution in [0.5, 0.6) is 5.75 Å². The fraction of sp³-hybridized carbons (Fsp3) is 0.130. The van der Waals surface area contributed by atoms with Crippen molar-refractivity contribution in [3.05, 3.63) is 96.1 Å². The molecule has 3 aromatic rings. The van der Waals surface area contributed by atoms with Crippen LogP contribution >= 0.6 is 0 Å². The second kappa shape index (κ2) is 9.24. The van der Waals surface area contributed by atoms with Gasteiger partial charge in [-0.3, -0.25) is 15.2 Å². The third-order valence-corrected chi connectivity index (χ3v) is 4.16. The summed E-state index contributed by atoms with van der Waals surface area (Å²) in [6.45, 7) is 2.22. The first-order valence-corrected chi connectivity index (χ1v) is 8.99. The topological polar surface area (TPSA) is 65.4 Å². The number of hydrogen-bond acceptors (Lipinski definition) is 4. The molecule has 0 bridgehead atoms. The average molecular weight is 371 g/mol. The Morgan fingerprint density at radius 2 is 1.61 bits per heavy atom. The van der Waals surface area contributed by atoms with Crippen molar-refractivity contribution in [1.29, 1.82) is 5.26 Å². The molecule has 0 aliphatic rings. The van der Waals surface area contributed by atoms with Crippen molar-refractivity contribution in [3.8, 4) is 11.8 Å². The number of para-hydroxylation sites is 1. The number of carbonyl (C=O) groups is 1. The van der Waals surface area contributed by atoms with Crippen molar-refractivity contribution in [3.63, 3.8) is 0 Å². The molecule has 0 aromatic heterocycles. The van der Waals surface area contributed by atoms with Crippen molar-refractivity contribution >= 4 is 11.6 Å². The summed E-state index contributed by atoms with van der Waals surface area (Å²) in [6.07, 6.45) is -0.699. The Bertz CT molecular complexity index is 935. The molecule has 0 fully saturated rings. The highest BCUT2D eigenvalue weighted by Gasteiger charge is 2.18. The van der Waals surface area contributed by atoms with Crippen LogP contribution in [0.3, 0.4) is 0 Å². The van der Waals surface area contributed by atoms with Gasteiger partial charge in [0.25, 0.3) is 5.91 Å². The molecule has 1 N–H and O–H groups in total. The lowest BCUT2D eigenvalue weighted by Crippen LogP contribution is -2.47. The first-order chi connectivity index (χ1) is 13.7. The van der Waals surface area contributed by atoms with Crippen molar-refractivity contribution in [2.75, 3.05) is 5.01 Å². The lowest BCUT2D eigenvalue weighted by atomic mass is 10.2. The van der Waals surface area contributed by atoms with E-state index in [9.17, 15) is 4.79 Å². The zero-order valence-corrected chi connectivity index (χ0v) is 15.6. The summed E-state index contributed by atoms with van der Waals surface area (Å²) in [5.74, 6) is 0.278. The number of ether oxygens (including phenoxy) is 1. The Labute approximate surface area is 164 Å². The SMILES string of the molecule is CC(Oc1ccc(C#N)cc1)C(=O)NN(Cc1ccccc1)c1ccccc1. The molecule has 140 valence electrons. The van der Waals surface area contributed by atoms with Crippen LogP contribution in [0.25, 0.3) is 0 Å². The highest BCUT2D eigenvalue weighted by molar-refractivity contribution is 5.82. The summed E-state index contributed by atoms with van der Waals surface area (Å²) in [7, 11) is 0. The zero-order chi connectivity index (χ0) is 19.8. The molecule has 5 nitrogen and oxygen atoms in total. The number of benzene rings is 3. The van der Waals surface area contributed by atoms with Crippen LogP contribution in [0.4, 0.5) is 5.69 Å². The van der Waals surface area contributed by atoms with E-state index >= 15 is 0 Å². The number of nitriles is 1. The number of rotatable bonds is 7. The molecule has 5 heteroatoms. The number of hydrazine groups is 1. The number of nitrogens with zero attached hydrogens (tertiary/aromatic N) is 2. The molecular weight excluding hydrogens is 350 g/mol. The zero-order valence-electron chi connectivity index (χ0n) is 15.6. The van der Waals surface area contributed by atoms with E-state index in [2.05, 4.69) is 11.5 Å². The number of amides is 1. The van der Waals surface area contributed by atoms with Gasteiger partial charge in [-0.05, 0) is 48.9 Å². The van der Waals surface area contributed by atoms with Gasteiger partial charge in [0.05, 0.1) is 23.9 Å². The minimum Gasteiger partial charge on any atom is -0.481 e. The highest BCUT2D eigenvalue weighted by atomic mass is 16.5. The molecule has 3 aromatic carbocycles. The molecule has 1 amide bonds. The molecule has 28 heavy (non-hydrogen) atoms. The molecule has 0 radical (unpaired) electrons. The predicted molar refractivity (Wildman–Crippen MR) is 108 cm³/mol. The van der Waals surface area contributed by atoms with Gasteiger partial charge in [0, 0.05) is 0 Å². The lowest BCUT2D eigenvalue weighted by Gasteiger charge is -2.27. The van der Waals surface area contributed by atoms with E-state index < -0.39 is 6.10 Å². The summed E-state index contributed by atoms with van der Waals surface area (Å²) >= 11 is 0. The molecule has 0 aliphatic carbocycles. The normalized spacial score (nSPS) is 11.1. The van der Waals surface area contributed by atoms with E-state index in [-0.39, 0.29) is 5.91 Å². The second-order valence-corrected chi connectivity index (χ2v) is 6.28. The fourth-order valence-corrected chi connectivity index (χ4v) is 2.66. The molecule has 1 atom stereocenters. The van der Waals surface area contributed by atoms with Gasteiger partial charge >= 0.3 is 0 Å². The van der Waals surface area contributed by atoms with Crippen LogP contribution in [0.2, 0.25) is 0 Å². The quantitative estimate of drug-likeness (QED) is 0.636. The number of carbonyl (C=O) groups excluding carboxylic acids is 1. The third kappa shape index (κ3) is 5.12. The maximum absolute atomic E-state index is 12.7. The number of anilines is 1. The van der Waals surface area contributed by atoms with Crippen LogP contribution in [-0.4, -0.2) is 12.0 Å². The van der Waals surface area contributed by atoms with Gasteiger partial charge in [-0.2, -0.15) is 5.26 Å². The van der Waals surface area contributed by atoms with E-state index in [0.717, 1.165) is 11.3 Å². The minimum atomic E-state index is -0.699. The summed E-state index contributed by atoms with van der Waals surface area (Å²) in [6, 6.07) is 28.3. The van der Waals surface area contributed by atoms with E-state index in [0.29, 0.717) is 17.9 Å². The van der Waals surface area contributed by atoms with Crippen molar-refractivity contribution < 1.29 is 9.53 Å². The van der Waals surface area contributed by atoms with Crippen LogP contribution in [0, 0.1) is 11.3 Å². The van der Waals surface area contributed by atoms with Crippen LogP contribution in [-0.2, 0) is 11.3 Å². The largest absolute Gasteiger partial charge is 0.481 e. The van der Waals surface area contributed by atoms with Crippen LogP contribution in [0.15, 0.2) is 84.9 Å². The van der Waals surface area contributed by atoms with E-state index in [1.165, 1.54) is 0 Å². The van der Waals surface area contributed by atoms with Crippen molar-refractivity contribution in [1.82, 2.24) is 5.43 Å². The standard InChI is InChI=1S/C23H21N3O2/c1-18(28-22-14-12-19(16-24)13-15-22)23(27)25-26(21-10-6-3-7-11-21)17-20-8-4-2-5-9-20/h2-15,18H,17H2,1H3,(H,25,27). The maximum Gasteiger partial charge on any atom is 0.279 e. The summed E-state index contributed by atoms with van der Waals surface area (Å²) in [5.41, 5.74) is 5.44. The molecule has 3 rings (SSSR count). The molecule has 0 saturated carbocycles. The Morgan fingerprint density at radius 3 is 2.21 bits per heavy atom. The summed E-state index contributed by atoms with van der Waals surface area (Å²) < 4.78 is 5.71. The lowest BCUT2D eigenvalue weighted by molar-refractivity contribution is -0.127. The Hall–Kier alpha value is -3.78. The molecule has 0 saturated heterocycles. The van der Waals surface area contributed by atoms with Gasteiger partial charge in [0.2, 0.25) is 0 Å². The Kier molecular flexibility index (Phi) is 6.27. The van der Waals surface area contributed by atoms with Gasteiger partial charge < -0.3 is 4.74 Å². The second-order valence-electron chi connectivity index (χ2n) is 6.28. The maximum atomic E-state index is 12.7. The van der Waals surface area contributed by atoms with E-state index in [1.807, 2.05) is 60.7 Å². The molecule has 0 heterocycles. The summed E-state index contributed by atoms with van der Waals surface area (Å²) in [4.78, 5) is 12.7. The van der Waals surface area contributed by atoms with Gasteiger partial charge in [-0.15, -0.1) is 0 Å². The van der Waals surface area contributed by atoms with Gasteiger partial charge in [-0.1, -0.05) is 48.5 Å². The molecule has 0 spiro atoms. The van der Waals surface area contributed by atoms with E-state index in [4.69, 9.17) is 10.00 Å². The van der Waals surface area contributed by atoms with Crippen LogP contribution in [0.1, 0.15) is 18.1 Å². The van der Waals surface area contributed by atoms with Crippen molar-refractivity contribution in [2.45, 2.75) is 19.6 Å². The monoisotopic (exact) mass is 371 g/mol. The van der Waals surface area contributed by atoms with E-state index in [1.54, 1.807) is 36.2 Å². The number of hydrogen-bond donors (Lipinski definition) is 1. The molecule has 0 aliphatic heterocycles. The smallest absolute Gasteiger partial charge is 0.279 e. The predicted octanol–water partition coefficient (Wildman–Crippen LogP) is 4.06. The van der Waals surface area contributed by atoms with Gasteiger partial charge in [0.15, 0.2) is 6.10 Å². The van der Waals surface area contributed by atoms with Crippen molar-refractivity contribution in [2.24, 2.45) is 0 Å². The highest BCUT2D eigenvalue weighted by Crippen LogP contribution is 2.16. The Morgan fingerprint density at radius 1 is 1.00 bits per heavy atom. The van der Waals surface area contributed by atoms with Gasteiger partial charge in [-0.25, -0.2) is 0 Å². The first kappa shape index (κ1) is 19.0. The molecule has 1 unspecified atom stereocenters. The van der Waals surface area contributed by atoms with Crippen LogP contribution < -0.4 is 15.2 Å². The molecular formula is C23H21N3O2. The Balaban J connectivity index is 1.70. The fourth-order valence-electron chi connectivity index (χ4n) is 2.66. The first-order valence-electron chi connectivity index (χ1n) is 8.99. The third-order valence-electron chi connectivity index (χ3n) is 4.16.